The van der Waals surface area contributed by atoms with Crippen LogP contribution in [0.3, 0.4) is 0 Å². The highest BCUT2D eigenvalue weighted by Crippen LogP contribution is 2.62. The number of hydrogen-bond acceptors (Lipinski definition) is 2. The summed E-state index contributed by atoms with van der Waals surface area (Å²) in [4.78, 5) is 0. The predicted molar refractivity (Wildman–Crippen MR) is 69.1 cm³/mol. The van der Waals surface area contributed by atoms with Crippen molar-refractivity contribution in [1.29, 1.82) is 0 Å². The lowest BCUT2D eigenvalue weighted by molar-refractivity contribution is -0.0975. The Balaban J connectivity index is 2.06. The number of aryl methyl sites for hydroxylation is 2. The Morgan fingerprint density at radius 2 is 1.94 bits per heavy atom. The zero-order valence-electron chi connectivity index (χ0n) is 10.8. The van der Waals surface area contributed by atoms with Gasteiger partial charge in [-0.15, -0.1) is 0 Å². The standard InChI is InChI=1S/C15H21NO/c1-11-3-4-13(12(2)7-11)15(9-17-10-15)14(8-16)5-6-14/h3-4,7H,5-6,8-10,16H2,1-2H3. The molecule has 0 aromatic heterocycles. The molecule has 3 rings (SSSR count). The number of nitrogens with two attached hydrogens (primary N) is 1. The van der Waals surface area contributed by atoms with Crippen molar-refractivity contribution in [3.05, 3.63) is 34.9 Å². The Morgan fingerprint density at radius 3 is 2.35 bits per heavy atom. The van der Waals surface area contributed by atoms with Gasteiger partial charge in [0.1, 0.15) is 0 Å². The van der Waals surface area contributed by atoms with Gasteiger partial charge in [0.2, 0.25) is 0 Å². The number of ether oxygens (including phenoxy) is 1. The van der Waals surface area contributed by atoms with Crippen LogP contribution in [0.2, 0.25) is 0 Å². The number of benzene rings is 1. The first-order chi connectivity index (χ1) is 8.13. The lowest BCUT2D eigenvalue weighted by Crippen LogP contribution is -2.56. The molecule has 0 spiro atoms. The van der Waals surface area contributed by atoms with Crippen molar-refractivity contribution in [2.75, 3.05) is 19.8 Å². The fourth-order valence-corrected chi connectivity index (χ4v) is 3.43. The van der Waals surface area contributed by atoms with Crippen molar-refractivity contribution in [2.24, 2.45) is 11.1 Å². The molecular weight excluding hydrogens is 210 g/mol. The maximum Gasteiger partial charge on any atom is 0.0591 e. The molecule has 1 aliphatic heterocycles. The largest absolute Gasteiger partial charge is 0.379 e. The van der Waals surface area contributed by atoms with E-state index in [2.05, 4.69) is 32.0 Å². The monoisotopic (exact) mass is 231 g/mol. The van der Waals surface area contributed by atoms with E-state index in [0.29, 0.717) is 5.41 Å². The average Bonchev–Trinajstić information content (AvgIpc) is 3.01. The van der Waals surface area contributed by atoms with Gasteiger partial charge in [-0.05, 0) is 49.8 Å². The van der Waals surface area contributed by atoms with E-state index in [-0.39, 0.29) is 5.41 Å². The molecule has 17 heavy (non-hydrogen) atoms. The van der Waals surface area contributed by atoms with E-state index in [9.17, 15) is 0 Å². The minimum atomic E-state index is 0.208. The Bertz CT molecular complexity index is 444. The first kappa shape index (κ1) is 11.2. The summed E-state index contributed by atoms with van der Waals surface area (Å²) in [5.74, 6) is 0. The van der Waals surface area contributed by atoms with Gasteiger partial charge in [0.15, 0.2) is 0 Å². The van der Waals surface area contributed by atoms with Crippen LogP contribution in [0.5, 0.6) is 0 Å². The van der Waals surface area contributed by atoms with E-state index >= 15 is 0 Å². The highest BCUT2D eigenvalue weighted by molar-refractivity contribution is 5.42. The quantitative estimate of drug-likeness (QED) is 0.866. The van der Waals surface area contributed by atoms with Gasteiger partial charge in [-0.2, -0.15) is 0 Å². The summed E-state index contributed by atoms with van der Waals surface area (Å²) in [5, 5.41) is 0. The maximum absolute atomic E-state index is 6.03. The molecule has 0 atom stereocenters. The van der Waals surface area contributed by atoms with Gasteiger partial charge < -0.3 is 10.5 Å². The highest BCUT2D eigenvalue weighted by Gasteiger charge is 2.62. The molecule has 1 aromatic rings. The second kappa shape index (κ2) is 3.56. The molecule has 1 aliphatic carbocycles. The molecule has 1 heterocycles. The van der Waals surface area contributed by atoms with Gasteiger partial charge in [-0.1, -0.05) is 23.8 Å². The summed E-state index contributed by atoms with van der Waals surface area (Å²) < 4.78 is 5.55. The van der Waals surface area contributed by atoms with E-state index in [4.69, 9.17) is 10.5 Å². The van der Waals surface area contributed by atoms with E-state index in [1.165, 1.54) is 29.5 Å². The Hall–Kier alpha value is -0.860. The topological polar surface area (TPSA) is 35.2 Å². The smallest absolute Gasteiger partial charge is 0.0591 e. The predicted octanol–water partition coefficient (Wildman–Crippen LogP) is 2.31. The zero-order valence-corrected chi connectivity index (χ0v) is 10.8. The number of hydrogen-bond donors (Lipinski definition) is 1. The molecule has 2 N–H and O–H groups in total. The summed E-state index contributed by atoms with van der Waals surface area (Å²) in [6.45, 7) is 6.87. The first-order valence-corrected chi connectivity index (χ1v) is 6.49. The second-order valence-corrected chi connectivity index (χ2v) is 5.88. The van der Waals surface area contributed by atoms with E-state index in [1.54, 1.807) is 0 Å². The van der Waals surface area contributed by atoms with Crippen molar-refractivity contribution in [1.82, 2.24) is 0 Å². The Morgan fingerprint density at radius 1 is 1.24 bits per heavy atom. The van der Waals surface area contributed by atoms with Crippen LogP contribution < -0.4 is 5.73 Å². The van der Waals surface area contributed by atoms with Crippen molar-refractivity contribution in [3.8, 4) is 0 Å². The van der Waals surface area contributed by atoms with Gasteiger partial charge >= 0.3 is 0 Å². The van der Waals surface area contributed by atoms with Crippen LogP contribution in [-0.4, -0.2) is 19.8 Å². The fourth-order valence-electron chi connectivity index (χ4n) is 3.43. The van der Waals surface area contributed by atoms with Crippen molar-refractivity contribution < 1.29 is 4.74 Å². The molecule has 2 nitrogen and oxygen atoms in total. The van der Waals surface area contributed by atoms with Gasteiger partial charge in [0, 0.05) is 5.41 Å². The highest BCUT2D eigenvalue weighted by atomic mass is 16.5. The molecule has 92 valence electrons. The maximum atomic E-state index is 6.03. The third-order valence-corrected chi connectivity index (χ3v) is 4.85. The van der Waals surface area contributed by atoms with Crippen LogP contribution in [0.1, 0.15) is 29.5 Å². The molecule has 0 bridgehead atoms. The van der Waals surface area contributed by atoms with Crippen LogP contribution in [-0.2, 0) is 10.2 Å². The Labute approximate surface area is 103 Å². The molecule has 2 aliphatic rings. The molecule has 1 saturated carbocycles. The first-order valence-electron chi connectivity index (χ1n) is 6.49. The molecule has 1 saturated heterocycles. The fraction of sp³-hybridized carbons (Fsp3) is 0.600. The van der Waals surface area contributed by atoms with Gasteiger partial charge in [-0.25, -0.2) is 0 Å². The summed E-state index contributed by atoms with van der Waals surface area (Å²) in [7, 11) is 0. The SMILES string of the molecule is Cc1ccc(C2(C3(CN)CC3)COC2)c(C)c1. The van der Waals surface area contributed by atoms with Gasteiger partial charge in [-0.3, -0.25) is 0 Å². The summed E-state index contributed by atoms with van der Waals surface area (Å²) in [6, 6.07) is 6.79. The van der Waals surface area contributed by atoms with Gasteiger partial charge in [0.05, 0.1) is 13.2 Å². The van der Waals surface area contributed by atoms with Crippen LogP contribution in [0.15, 0.2) is 18.2 Å². The normalized spacial score (nSPS) is 24.2. The molecule has 2 heteroatoms. The van der Waals surface area contributed by atoms with Crippen LogP contribution in [0, 0.1) is 19.3 Å². The van der Waals surface area contributed by atoms with Crippen molar-refractivity contribution in [2.45, 2.75) is 32.1 Å². The summed E-state index contributed by atoms with van der Waals surface area (Å²) in [6.07, 6.45) is 2.53. The second-order valence-electron chi connectivity index (χ2n) is 5.88. The minimum Gasteiger partial charge on any atom is -0.379 e. The summed E-state index contributed by atoms with van der Waals surface area (Å²) in [5.41, 5.74) is 10.8. The third-order valence-electron chi connectivity index (χ3n) is 4.85. The average molecular weight is 231 g/mol. The van der Waals surface area contributed by atoms with Crippen LogP contribution in [0.25, 0.3) is 0 Å². The van der Waals surface area contributed by atoms with E-state index in [1.807, 2.05) is 0 Å². The molecule has 0 unspecified atom stereocenters. The van der Waals surface area contributed by atoms with Crippen LogP contribution in [0.4, 0.5) is 0 Å². The molecule has 0 radical (unpaired) electrons. The van der Waals surface area contributed by atoms with Gasteiger partial charge in [0.25, 0.3) is 0 Å². The van der Waals surface area contributed by atoms with Crippen LogP contribution >= 0.6 is 0 Å². The molecule has 1 aromatic carbocycles. The zero-order chi connectivity index (χ0) is 12.1. The lowest BCUT2D eigenvalue weighted by Gasteiger charge is -2.49. The molecule has 0 amide bonds. The van der Waals surface area contributed by atoms with E-state index in [0.717, 1.165) is 19.8 Å². The van der Waals surface area contributed by atoms with Crippen molar-refractivity contribution in [3.63, 3.8) is 0 Å². The van der Waals surface area contributed by atoms with E-state index < -0.39 is 0 Å². The molecular formula is C15H21NO. The third kappa shape index (κ3) is 1.40. The minimum absolute atomic E-state index is 0.208. The Kier molecular flexibility index (Phi) is 2.36. The number of rotatable bonds is 3. The molecule has 2 fully saturated rings. The lowest BCUT2D eigenvalue weighted by atomic mass is 9.65. The van der Waals surface area contributed by atoms with Crippen molar-refractivity contribution >= 4 is 0 Å². The summed E-state index contributed by atoms with van der Waals surface area (Å²) >= 11 is 0.